The van der Waals surface area contributed by atoms with Crippen molar-refractivity contribution >= 4 is 35.5 Å². The van der Waals surface area contributed by atoms with Crippen molar-refractivity contribution in [3.05, 3.63) is 48.6 Å². The maximum absolute atomic E-state index is 13.7. The number of ketones is 1. The largest absolute Gasteiger partial charge is 0.444 e. The molecule has 44 heavy (non-hydrogen) atoms. The van der Waals surface area contributed by atoms with Gasteiger partial charge in [0.05, 0.1) is 6.54 Å². The third-order valence-electron chi connectivity index (χ3n) is 6.86. The van der Waals surface area contributed by atoms with Gasteiger partial charge in [-0.05, 0) is 57.4 Å². The van der Waals surface area contributed by atoms with Crippen LogP contribution in [0.3, 0.4) is 0 Å². The molecule has 12 heteroatoms. The molecule has 12 nitrogen and oxygen atoms in total. The Morgan fingerprint density at radius 3 is 2.25 bits per heavy atom. The number of likely N-dealkylation sites (tertiary alicyclic amines) is 1. The number of amides is 5. The quantitative estimate of drug-likeness (QED) is 0.195. The van der Waals surface area contributed by atoms with Crippen LogP contribution in [-0.2, 0) is 35.1 Å². The first-order valence-electron chi connectivity index (χ1n) is 14.9. The Morgan fingerprint density at radius 1 is 1.00 bits per heavy atom. The van der Waals surface area contributed by atoms with Crippen LogP contribution in [0.25, 0.3) is 0 Å². The van der Waals surface area contributed by atoms with Crippen LogP contribution in [0.15, 0.2) is 43.0 Å². The molecule has 2 rings (SSSR count). The summed E-state index contributed by atoms with van der Waals surface area (Å²) in [6, 6.07) is 6.43. The lowest BCUT2D eigenvalue weighted by Gasteiger charge is -2.36. The number of carbonyl (C=O) groups excluding carboxylic acids is 6. The van der Waals surface area contributed by atoms with Crippen LogP contribution >= 0.6 is 0 Å². The zero-order valence-electron chi connectivity index (χ0n) is 26.7. The smallest absolute Gasteiger partial charge is 0.408 e. The van der Waals surface area contributed by atoms with Crippen molar-refractivity contribution in [3.8, 4) is 0 Å². The van der Waals surface area contributed by atoms with Crippen molar-refractivity contribution in [1.29, 1.82) is 0 Å². The van der Waals surface area contributed by atoms with Gasteiger partial charge in [0.2, 0.25) is 23.5 Å². The van der Waals surface area contributed by atoms with E-state index in [2.05, 4.69) is 27.8 Å². The van der Waals surface area contributed by atoms with Gasteiger partial charge in [-0.1, -0.05) is 57.2 Å². The van der Waals surface area contributed by atoms with Crippen LogP contribution < -0.4 is 21.3 Å². The number of carbonyl (C=O) groups is 6. The predicted octanol–water partition coefficient (Wildman–Crippen LogP) is 2.02. The SMILES string of the molecule is C=CCC(NC(=O)[C@@H]1CCCN1C(=O)[C@@H](NC(=O)OC(C)(C)C)C(C)(C)C)C(=O)C(=O)NCC(=O)NCCc1ccccc1. The standard InChI is InChI=1S/C32H47N5O7/c1-8-13-22(25(39)28(41)34-20-24(38)33-18-17-21-14-10-9-11-15-21)35-27(40)23-16-12-19-37(23)29(42)26(31(2,3)4)36-30(43)44-32(5,6)7/h8-11,14-15,22-23,26H,1,12-13,16-20H2,2-7H3,(H,33,38)(H,34,41)(H,35,40)(H,36,43)/t22?,23-,26+/m0/s1. The maximum Gasteiger partial charge on any atom is 0.408 e. The third kappa shape index (κ3) is 11.5. The second-order valence-corrected chi connectivity index (χ2v) is 12.9. The van der Waals surface area contributed by atoms with Crippen molar-refractivity contribution in [2.75, 3.05) is 19.6 Å². The van der Waals surface area contributed by atoms with Crippen molar-refractivity contribution in [2.45, 2.75) is 91.0 Å². The molecule has 1 aliphatic heterocycles. The summed E-state index contributed by atoms with van der Waals surface area (Å²) in [7, 11) is 0. The molecular formula is C32H47N5O7. The van der Waals surface area contributed by atoms with Gasteiger partial charge in [0.1, 0.15) is 23.7 Å². The fraction of sp³-hybridized carbons (Fsp3) is 0.562. The minimum absolute atomic E-state index is 0.0350. The van der Waals surface area contributed by atoms with E-state index in [1.54, 1.807) is 41.5 Å². The van der Waals surface area contributed by atoms with Gasteiger partial charge < -0.3 is 30.9 Å². The van der Waals surface area contributed by atoms with E-state index in [-0.39, 0.29) is 13.0 Å². The fourth-order valence-corrected chi connectivity index (χ4v) is 4.67. The topological polar surface area (TPSA) is 163 Å². The Kier molecular flexibility index (Phi) is 13.1. The van der Waals surface area contributed by atoms with Gasteiger partial charge in [0, 0.05) is 13.1 Å². The van der Waals surface area contributed by atoms with E-state index < -0.39 is 71.2 Å². The zero-order valence-corrected chi connectivity index (χ0v) is 26.7. The summed E-state index contributed by atoms with van der Waals surface area (Å²) in [6.07, 6.45) is 2.09. The summed E-state index contributed by atoms with van der Waals surface area (Å²) < 4.78 is 5.34. The van der Waals surface area contributed by atoms with E-state index >= 15 is 0 Å². The van der Waals surface area contributed by atoms with E-state index in [0.717, 1.165) is 5.56 Å². The van der Waals surface area contributed by atoms with E-state index in [0.29, 0.717) is 25.8 Å². The summed E-state index contributed by atoms with van der Waals surface area (Å²) in [4.78, 5) is 78.6. The highest BCUT2D eigenvalue weighted by Gasteiger charge is 2.43. The first-order valence-corrected chi connectivity index (χ1v) is 14.9. The molecule has 3 atom stereocenters. The highest BCUT2D eigenvalue weighted by Crippen LogP contribution is 2.26. The second kappa shape index (κ2) is 16.0. The van der Waals surface area contributed by atoms with Gasteiger partial charge in [-0.25, -0.2) is 4.79 Å². The number of hydrogen-bond donors (Lipinski definition) is 4. The Hall–Kier alpha value is -4.22. The number of nitrogens with zero attached hydrogens (tertiary/aromatic N) is 1. The molecule has 0 saturated carbocycles. The monoisotopic (exact) mass is 613 g/mol. The fourth-order valence-electron chi connectivity index (χ4n) is 4.67. The number of ether oxygens (including phenoxy) is 1. The molecular weight excluding hydrogens is 566 g/mol. The average Bonchev–Trinajstić information content (AvgIpc) is 3.43. The third-order valence-corrected chi connectivity index (χ3v) is 6.86. The molecule has 1 heterocycles. The first kappa shape index (κ1) is 36.0. The minimum atomic E-state index is -1.24. The van der Waals surface area contributed by atoms with E-state index in [9.17, 15) is 28.8 Å². The molecule has 1 aromatic rings. The normalized spacial score (nSPS) is 16.2. The van der Waals surface area contributed by atoms with Gasteiger partial charge >= 0.3 is 6.09 Å². The lowest BCUT2D eigenvalue weighted by atomic mass is 9.85. The van der Waals surface area contributed by atoms with Crippen LogP contribution in [0.1, 0.15) is 66.4 Å². The lowest BCUT2D eigenvalue weighted by molar-refractivity contribution is -0.144. The molecule has 5 amide bonds. The highest BCUT2D eigenvalue weighted by molar-refractivity contribution is 6.38. The number of benzene rings is 1. The van der Waals surface area contributed by atoms with Crippen LogP contribution in [-0.4, -0.2) is 83.8 Å². The molecule has 0 radical (unpaired) electrons. The van der Waals surface area contributed by atoms with E-state index in [1.165, 1.54) is 11.0 Å². The Labute approximate surface area is 259 Å². The van der Waals surface area contributed by atoms with Gasteiger partial charge in [-0.3, -0.25) is 24.0 Å². The van der Waals surface area contributed by atoms with Gasteiger partial charge in [0.15, 0.2) is 0 Å². The van der Waals surface area contributed by atoms with Crippen LogP contribution in [0.5, 0.6) is 0 Å². The summed E-state index contributed by atoms with van der Waals surface area (Å²) in [5.74, 6) is -3.48. The first-order chi connectivity index (χ1) is 20.5. The van der Waals surface area contributed by atoms with Crippen molar-refractivity contribution < 1.29 is 33.5 Å². The molecule has 1 fully saturated rings. The maximum atomic E-state index is 13.7. The molecule has 0 aliphatic carbocycles. The molecule has 1 unspecified atom stereocenters. The number of alkyl carbamates (subject to hydrolysis) is 1. The summed E-state index contributed by atoms with van der Waals surface area (Å²) in [6.45, 7) is 14.4. The second-order valence-electron chi connectivity index (χ2n) is 12.9. The van der Waals surface area contributed by atoms with E-state index in [4.69, 9.17) is 4.74 Å². The van der Waals surface area contributed by atoms with Crippen molar-refractivity contribution in [2.24, 2.45) is 5.41 Å². The van der Waals surface area contributed by atoms with Gasteiger partial charge in [-0.2, -0.15) is 0 Å². The molecule has 4 N–H and O–H groups in total. The molecule has 1 saturated heterocycles. The summed E-state index contributed by atoms with van der Waals surface area (Å²) in [5, 5.41) is 10.2. The Bertz CT molecular complexity index is 1200. The number of hydrogen-bond acceptors (Lipinski definition) is 7. The Balaban J connectivity index is 2.00. The average molecular weight is 614 g/mol. The van der Waals surface area contributed by atoms with Crippen LogP contribution in [0.2, 0.25) is 0 Å². The summed E-state index contributed by atoms with van der Waals surface area (Å²) in [5.41, 5.74) is -0.424. The molecule has 1 aromatic carbocycles. The van der Waals surface area contributed by atoms with Gasteiger partial charge in [-0.15, -0.1) is 6.58 Å². The number of rotatable bonds is 13. The molecule has 242 valence electrons. The van der Waals surface area contributed by atoms with E-state index in [1.807, 2.05) is 30.3 Å². The van der Waals surface area contributed by atoms with Crippen LogP contribution in [0.4, 0.5) is 4.79 Å². The molecule has 0 spiro atoms. The molecule has 1 aliphatic rings. The van der Waals surface area contributed by atoms with Crippen molar-refractivity contribution in [1.82, 2.24) is 26.2 Å². The predicted molar refractivity (Wildman–Crippen MR) is 165 cm³/mol. The molecule has 0 aromatic heterocycles. The highest BCUT2D eigenvalue weighted by atomic mass is 16.6. The summed E-state index contributed by atoms with van der Waals surface area (Å²) >= 11 is 0. The lowest BCUT2D eigenvalue weighted by Crippen LogP contribution is -2.59. The minimum Gasteiger partial charge on any atom is -0.444 e. The molecule has 0 bridgehead atoms. The number of Topliss-reactive ketones (excluding diaryl/α,β-unsaturated/α-hetero) is 1. The zero-order chi connectivity index (χ0) is 33.1. The number of nitrogens with one attached hydrogen (secondary N) is 4. The van der Waals surface area contributed by atoms with Gasteiger partial charge in [0.25, 0.3) is 5.91 Å². The van der Waals surface area contributed by atoms with Crippen LogP contribution in [0, 0.1) is 5.41 Å². The Morgan fingerprint density at radius 2 is 1.66 bits per heavy atom. The van der Waals surface area contributed by atoms with Crippen molar-refractivity contribution in [3.63, 3.8) is 0 Å².